The molecule has 0 radical (unpaired) electrons. The van der Waals surface area contributed by atoms with Crippen molar-refractivity contribution >= 4 is 47.0 Å². The van der Waals surface area contributed by atoms with E-state index in [0.717, 1.165) is 22.0 Å². The lowest BCUT2D eigenvalue weighted by molar-refractivity contribution is 1.03. The van der Waals surface area contributed by atoms with Gasteiger partial charge in [-0.1, -0.05) is 36.4 Å². The van der Waals surface area contributed by atoms with Crippen molar-refractivity contribution in [3.05, 3.63) is 70.0 Å². The van der Waals surface area contributed by atoms with Crippen LogP contribution in [0.1, 0.15) is 16.1 Å². The molecule has 3 rings (SSSR count). The normalized spacial score (nSPS) is 11.0. The second kappa shape index (κ2) is 8.96. The monoisotopic (exact) mass is 464 g/mol. The minimum absolute atomic E-state index is 0. The Labute approximate surface area is 169 Å². The van der Waals surface area contributed by atoms with Crippen molar-refractivity contribution < 1.29 is 0 Å². The van der Waals surface area contributed by atoms with Gasteiger partial charge in [-0.15, -0.1) is 35.3 Å². The number of aryl methyl sites for hydroxylation is 2. The second-order valence-corrected chi connectivity index (χ2v) is 6.56. The Bertz CT molecular complexity index is 859. The number of anilines is 1. The molecular weight excluding hydrogens is 443 g/mol. The standard InChI is InChI=1S/C19H20N4S.HI/c1-13-8-9-16(10-14(13)2)22-19(20)21-11-18-23-17(12-24-18)15-6-4-3-5-7-15;/h3-10,12H,11H2,1-2H3,(H3,20,21,22);1H. The van der Waals surface area contributed by atoms with E-state index in [1.807, 2.05) is 29.6 Å². The fourth-order valence-corrected chi connectivity index (χ4v) is 3.01. The van der Waals surface area contributed by atoms with E-state index in [-0.39, 0.29) is 24.0 Å². The van der Waals surface area contributed by atoms with Gasteiger partial charge in [-0.3, -0.25) is 0 Å². The van der Waals surface area contributed by atoms with Crippen LogP contribution in [0.4, 0.5) is 5.69 Å². The third-order valence-corrected chi connectivity index (χ3v) is 4.62. The number of rotatable bonds is 4. The van der Waals surface area contributed by atoms with Crippen LogP contribution in [0, 0.1) is 13.8 Å². The van der Waals surface area contributed by atoms with E-state index in [1.54, 1.807) is 11.3 Å². The zero-order valence-corrected chi connectivity index (χ0v) is 17.3. The van der Waals surface area contributed by atoms with Crippen LogP contribution in [0.3, 0.4) is 0 Å². The summed E-state index contributed by atoms with van der Waals surface area (Å²) in [6.07, 6.45) is 0. The molecule has 4 nitrogen and oxygen atoms in total. The summed E-state index contributed by atoms with van der Waals surface area (Å²) in [5, 5.41) is 6.12. The van der Waals surface area contributed by atoms with Gasteiger partial charge in [0.25, 0.3) is 0 Å². The first-order chi connectivity index (χ1) is 11.6. The Balaban J connectivity index is 0.00000225. The number of nitrogens with two attached hydrogens (primary N) is 1. The van der Waals surface area contributed by atoms with E-state index in [9.17, 15) is 0 Å². The van der Waals surface area contributed by atoms with Crippen LogP contribution in [-0.4, -0.2) is 10.9 Å². The van der Waals surface area contributed by atoms with Gasteiger partial charge in [0.2, 0.25) is 0 Å². The van der Waals surface area contributed by atoms with Gasteiger partial charge in [0.15, 0.2) is 5.96 Å². The Morgan fingerprint density at radius 1 is 1.12 bits per heavy atom. The molecule has 3 aromatic rings. The third kappa shape index (κ3) is 5.27. The summed E-state index contributed by atoms with van der Waals surface area (Å²) in [5.41, 5.74) is 11.5. The van der Waals surface area contributed by atoms with Gasteiger partial charge in [-0.2, -0.15) is 0 Å². The van der Waals surface area contributed by atoms with E-state index in [1.165, 1.54) is 11.1 Å². The van der Waals surface area contributed by atoms with Crippen LogP contribution in [0.5, 0.6) is 0 Å². The number of nitrogens with zero attached hydrogens (tertiary/aromatic N) is 2. The summed E-state index contributed by atoms with van der Waals surface area (Å²) >= 11 is 1.60. The van der Waals surface area contributed by atoms with Gasteiger partial charge < -0.3 is 11.1 Å². The summed E-state index contributed by atoms with van der Waals surface area (Å²) in [6.45, 7) is 4.64. The van der Waals surface area contributed by atoms with Crippen molar-refractivity contribution in [2.45, 2.75) is 20.4 Å². The highest BCUT2D eigenvalue weighted by atomic mass is 127. The molecule has 0 saturated carbocycles. The highest BCUT2D eigenvalue weighted by Gasteiger charge is 2.04. The van der Waals surface area contributed by atoms with E-state index in [4.69, 9.17) is 5.73 Å². The first-order valence-electron chi connectivity index (χ1n) is 7.76. The Hall–Kier alpha value is -1.93. The fourth-order valence-electron chi connectivity index (χ4n) is 2.28. The second-order valence-electron chi connectivity index (χ2n) is 5.62. The molecule has 0 amide bonds. The van der Waals surface area contributed by atoms with Crippen LogP contribution >= 0.6 is 35.3 Å². The van der Waals surface area contributed by atoms with Crippen molar-refractivity contribution in [2.24, 2.45) is 10.7 Å². The molecule has 2 aromatic carbocycles. The molecule has 0 aliphatic rings. The molecule has 3 N–H and O–H groups in total. The van der Waals surface area contributed by atoms with Crippen molar-refractivity contribution in [3.8, 4) is 11.3 Å². The first kappa shape index (κ1) is 19.4. The van der Waals surface area contributed by atoms with Crippen molar-refractivity contribution in [1.82, 2.24) is 4.98 Å². The van der Waals surface area contributed by atoms with E-state index < -0.39 is 0 Å². The van der Waals surface area contributed by atoms with Gasteiger partial charge in [0.1, 0.15) is 5.01 Å². The van der Waals surface area contributed by atoms with Crippen LogP contribution in [0.2, 0.25) is 0 Å². The number of thiazole rings is 1. The Morgan fingerprint density at radius 3 is 2.60 bits per heavy atom. The molecule has 0 saturated heterocycles. The van der Waals surface area contributed by atoms with Crippen molar-refractivity contribution in [2.75, 3.05) is 5.32 Å². The van der Waals surface area contributed by atoms with E-state index in [2.05, 4.69) is 53.4 Å². The van der Waals surface area contributed by atoms with Crippen LogP contribution < -0.4 is 11.1 Å². The van der Waals surface area contributed by atoms with E-state index >= 15 is 0 Å². The lowest BCUT2D eigenvalue weighted by Crippen LogP contribution is -2.22. The van der Waals surface area contributed by atoms with Gasteiger partial charge >= 0.3 is 0 Å². The summed E-state index contributed by atoms with van der Waals surface area (Å²) in [6, 6.07) is 16.3. The summed E-state index contributed by atoms with van der Waals surface area (Å²) < 4.78 is 0. The molecule has 1 heterocycles. The molecule has 0 aliphatic heterocycles. The molecule has 0 unspecified atom stereocenters. The number of benzene rings is 2. The molecule has 0 atom stereocenters. The zero-order chi connectivity index (χ0) is 16.9. The first-order valence-corrected chi connectivity index (χ1v) is 8.64. The molecule has 130 valence electrons. The number of aliphatic imine (C=N–C) groups is 1. The maximum atomic E-state index is 5.98. The number of hydrogen-bond acceptors (Lipinski definition) is 3. The maximum absolute atomic E-state index is 5.98. The molecule has 0 aliphatic carbocycles. The average Bonchev–Trinajstić information content (AvgIpc) is 3.06. The summed E-state index contributed by atoms with van der Waals surface area (Å²) in [5.74, 6) is 0.398. The fraction of sp³-hybridized carbons (Fsp3) is 0.158. The lowest BCUT2D eigenvalue weighted by atomic mass is 10.1. The van der Waals surface area contributed by atoms with Gasteiger partial charge in [0, 0.05) is 16.6 Å². The number of aromatic nitrogens is 1. The molecule has 0 spiro atoms. The Morgan fingerprint density at radius 2 is 1.88 bits per heavy atom. The van der Waals surface area contributed by atoms with Gasteiger partial charge in [-0.25, -0.2) is 9.98 Å². The third-order valence-electron chi connectivity index (χ3n) is 3.79. The van der Waals surface area contributed by atoms with Crippen LogP contribution in [-0.2, 0) is 6.54 Å². The highest BCUT2D eigenvalue weighted by molar-refractivity contribution is 14.0. The van der Waals surface area contributed by atoms with Crippen molar-refractivity contribution in [3.63, 3.8) is 0 Å². The average molecular weight is 464 g/mol. The van der Waals surface area contributed by atoms with E-state index in [0.29, 0.717) is 12.5 Å². The zero-order valence-electron chi connectivity index (χ0n) is 14.2. The number of hydrogen-bond donors (Lipinski definition) is 2. The lowest BCUT2D eigenvalue weighted by Gasteiger charge is -2.07. The molecule has 6 heteroatoms. The molecule has 0 fully saturated rings. The largest absolute Gasteiger partial charge is 0.370 e. The summed E-state index contributed by atoms with van der Waals surface area (Å²) in [7, 11) is 0. The smallest absolute Gasteiger partial charge is 0.193 e. The number of nitrogens with one attached hydrogen (secondary N) is 1. The minimum atomic E-state index is 0. The van der Waals surface area contributed by atoms with Gasteiger partial charge in [0.05, 0.1) is 12.2 Å². The molecule has 0 bridgehead atoms. The van der Waals surface area contributed by atoms with Crippen molar-refractivity contribution in [1.29, 1.82) is 0 Å². The SMILES string of the molecule is Cc1ccc(NC(N)=NCc2nc(-c3ccccc3)cs2)cc1C.I. The maximum Gasteiger partial charge on any atom is 0.193 e. The predicted octanol–water partition coefficient (Wildman–Crippen LogP) is 4.97. The van der Waals surface area contributed by atoms with Gasteiger partial charge in [-0.05, 0) is 37.1 Å². The topological polar surface area (TPSA) is 63.3 Å². The highest BCUT2D eigenvalue weighted by Crippen LogP contribution is 2.22. The Kier molecular flexibility index (Phi) is 6.95. The molecular formula is C19H21IN4S. The number of halogens is 1. The predicted molar refractivity (Wildman–Crippen MR) is 118 cm³/mol. The molecule has 25 heavy (non-hydrogen) atoms. The quantitative estimate of drug-likeness (QED) is 0.326. The molecule has 1 aromatic heterocycles. The van der Waals surface area contributed by atoms with Crippen LogP contribution in [0.25, 0.3) is 11.3 Å². The van der Waals surface area contributed by atoms with Crippen LogP contribution in [0.15, 0.2) is 58.9 Å². The summed E-state index contributed by atoms with van der Waals surface area (Å²) in [4.78, 5) is 8.99. The minimum Gasteiger partial charge on any atom is -0.370 e. The number of guanidine groups is 1.